The molecule has 0 radical (unpaired) electrons. The molecule has 16 heavy (non-hydrogen) atoms. The Kier molecular flexibility index (Phi) is 3.33. The number of hydrogen-bond donors (Lipinski definition) is 0. The summed E-state index contributed by atoms with van der Waals surface area (Å²) in [7, 11) is 0. The number of fused-ring (bicyclic) bond motifs is 1. The van der Waals surface area contributed by atoms with E-state index >= 15 is 0 Å². The molecule has 0 amide bonds. The molecule has 0 saturated carbocycles. The molecule has 0 aliphatic carbocycles. The molecule has 86 valence electrons. The van der Waals surface area contributed by atoms with Gasteiger partial charge in [-0.1, -0.05) is 20.8 Å². The SMILES string of the molecule is CCc1cc2oc(Br)nc2c(CC)c1CC. The second-order valence-corrected chi connectivity index (χ2v) is 4.55. The van der Waals surface area contributed by atoms with Crippen LogP contribution in [0.4, 0.5) is 0 Å². The molecule has 0 unspecified atom stereocenters. The molecule has 1 aromatic heterocycles. The molecule has 2 aromatic rings. The summed E-state index contributed by atoms with van der Waals surface area (Å²) >= 11 is 3.30. The highest BCUT2D eigenvalue weighted by Crippen LogP contribution is 2.29. The van der Waals surface area contributed by atoms with Crippen molar-refractivity contribution in [3.63, 3.8) is 0 Å². The van der Waals surface area contributed by atoms with E-state index in [-0.39, 0.29) is 0 Å². The first-order valence-electron chi connectivity index (χ1n) is 5.80. The first-order valence-corrected chi connectivity index (χ1v) is 6.60. The van der Waals surface area contributed by atoms with Gasteiger partial charge in [0.05, 0.1) is 0 Å². The normalized spacial score (nSPS) is 11.2. The highest BCUT2D eigenvalue weighted by molar-refractivity contribution is 9.10. The van der Waals surface area contributed by atoms with Crippen molar-refractivity contribution in [3.8, 4) is 0 Å². The van der Waals surface area contributed by atoms with E-state index in [1.54, 1.807) is 0 Å². The molecule has 1 heterocycles. The van der Waals surface area contributed by atoms with E-state index in [0.29, 0.717) is 4.80 Å². The third-order valence-corrected chi connectivity index (χ3v) is 3.40. The standard InChI is InChI=1S/C13H16BrNO/c1-4-8-7-11-12(15-13(14)16-11)10(6-3)9(8)5-2/h7H,4-6H2,1-3H3. The first kappa shape index (κ1) is 11.6. The van der Waals surface area contributed by atoms with Crippen LogP contribution >= 0.6 is 15.9 Å². The summed E-state index contributed by atoms with van der Waals surface area (Å²) in [6.45, 7) is 6.57. The first-order chi connectivity index (χ1) is 7.71. The molecule has 0 N–H and O–H groups in total. The van der Waals surface area contributed by atoms with Gasteiger partial charge in [0.1, 0.15) is 5.52 Å². The van der Waals surface area contributed by atoms with E-state index in [9.17, 15) is 0 Å². The van der Waals surface area contributed by atoms with Crippen molar-refractivity contribution in [1.82, 2.24) is 4.98 Å². The van der Waals surface area contributed by atoms with Crippen molar-refractivity contribution < 1.29 is 4.42 Å². The Morgan fingerprint density at radius 2 is 1.81 bits per heavy atom. The van der Waals surface area contributed by atoms with E-state index in [2.05, 4.69) is 47.8 Å². The molecular formula is C13H16BrNO. The summed E-state index contributed by atoms with van der Waals surface area (Å²) in [5.41, 5.74) is 6.08. The fourth-order valence-corrected chi connectivity index (χ4v) is 2.69. The van der Waals surface area contributed by atoms with E-state index in [1.165, 1.54) is 16.7 Å². The van der Waals surface area contributed by atoms with Gasteiger partial charge in [-0.3, -0.25) is 0 Å². The number of nitrogens with zero attached hydrogens (tertiary/aromatic N) is 1. The van der Waals surface area contributed by atoms with E-state index in [1.807, 2.05) is 0 Å². The largest absolute Gasteiger partial charge is 0.431 e. The minimum atomic E-state index is 0.576. The molecule has 0 bridgehead atoms. The predicted octanol–water partition coefficient (Wildman–Crippen LogP) is 4.28. The lowest BCUT2D eigenvalue weighted by atomic mass is 9.94. The molecule has 1 aromatic carbocycles. The molecule has 0 atom stereocenters. The van der Waals surface area contributed by atoms with Crippen LogP contribution in [-0.2, 0) is 19.3 Å². The molecule has 0 fully saturated rings. The lowest BCUT2D eigenvalue weighted by Crippen LogP contribution is -1.98. The summed E-state index contributed by atoms with van der Waals surface area (Å²) in [6.07, 6.45) is 3.11. The second-order valence-electron chi connectivity index (χ2n) is 3.87. The zero-order valence-corrected chi connectivity index (χ0v) is 11.5. The van der Waals surface area contributed by atoms with Gasteiger partial charge in [0, 0.05) is 15.9 Å². The Hall–Kier alpha value is -0.830. The van der Waals surface area contributed by atoms with Gasteiger partial charge in [-0.15, -0.1) is 0 Å². The smallest absolute Gasteiger partial charge is 0.265 e. The second kappa shape index (κ2) is 4.58. The van der Waals surface area contributed by atoms with Crippen molar-refractivity contribution in [2.45, 2.75) is 40.0 Å². The van der Waals surface area contributed by atoms with Crippen molar-refractivity contribution in [3.05, 3.63) is 27.6 Å². The number of halogens is 1. The van der Waals surface area contributed by atoms with Crippen LogP contribution in [0.2, 0.25) is 0 Å². The van der Waals surface area contributed by atoms with Crippen LogP contribution in [0.25, 0.3) is 11.1 Å². The summed E-state index contributed by atoms with van der Waals surface area (Å²) in [6, 6.07) is 2.13. The van der Waals surface area contributed by atoms with Crippen LogP contribution in [0.1, 0.15) is 37.5 Å². The average molecular weight is 282 g/mol. The zero-order valence-electron chi connectivity index (χ0n) is 9.93. The fraction of sp³-hybridized carbons (Fsp3) is 0.462. The van der Waals surface area contributed by atoms with E-state index < -0.39 is 0 Å². The third kappa shape index (κ3) is 1.77. The monoisotopic (exact) mass is 281 g/mol. The molecule has 0 spiro atoms. The summed E-state index contributed by atoms with van der Waals surface area (Å²) in [5, 5.41) is 0. The van der Waals surface area contributed by atoms with Crippen LogP contribution in [0.5, 0.6) is 0 Å². The number of rotatable bonds is 3. The Morgan fingerprint density at radius 3 is 2.38 bits per heavy atom. The van der Waals surface area contributed by atoms with Gasteiger partial charge in [0.25, 0.3) is 4.80 Å². The summed E-state index contributed by atoms with van der Waals surface area (Å²) in [4.78, 5) is 4.99. The third-order valence-electron chi connectivity index (χ3n) is 3.06. The molecule has 2 rings (SSSR count). The van der Waals surface area contributed by atoms with Crippen molar-refractivity contribution in [1.29, 1.82) is 0 Å². The van der Waals surface area contributed by atoms with Crippen LogP contribution in [0, 0.1) is 0 Å². The van der Waals surface area contributed by atoms with Crippen molar-refractivity contribution in [2.75, 3.05) is 0 Å². The van der Waals surface area contributed by atoms with Gasteiger partial charge in [-0.2, -0.15) is 0 Å². The van der Waals surface area contributed by atoms with Crippen molar-refractivity contribution in [2.24, 2.45) is 0 Å². The Morgan fingerprint density at radius 1 is 1.12 bits per heavy atom. The van der Waals surface area contributed by atoms with Gasteiger partial charge in [-0.25, -0.2) is 4.98 Å². The van der Waals surface area contributed by atoms with Gasteiger partial charge in [-0.05, 0) is 42.0 Å². The summed E-state index contributed by atoms with van der Waals surface area (Å²) in [5.74, 6) is 0. The Balaban J connectivity index is 2.81. The maximum absolute atomic E-state index is 5.56. The lowest BCUT2D eigenvalue weighted by Gasteiger charge is -2.11. The Bertz CT molecular complexity index is 516. The van der Waals surface area contributed by atoms with E-state index in [0.717, 1.165) is 30.4 Å². The van der Waals surface area contributed by atoms with Gasteiger partial charge >= 0.3 is 0 Å². The van der Waals surface area contributed by atoms with Gasteiger partial charge in [0.2, 0.25) is 0 Å². The van der Waals surface area contributed by atoms with Crippen molar-refractivity contribution >= 4 is 27.0 Å². The maximum Gasteiger partial charge on any atom is 0.265 e. The topological polar surface area (TPSA) is 26.0 Å². The van der Waals surface area contributed by atoms with Crippen LogP contribution in [0.15, 0.2) is 15.3 Å². The zero-order chi connectivity index (χ0) is 11.7. The predicted molar refractivity (Wildman–Crippen MR) is 69.8 cm³/mol. The number of aromatic nitrogens is 1. The van der Waals surface area contributed by atoms with Gasteiger partial charge < -0.3 is 4.42 Å². The fourth-order valence-electron chi connectivity index (χ4n) is 2.34. The molecule has 0 aliphatic heterocycles. The summed E-state index contributed by atoms with van der Waals surface area (Å²) < 4.78 is 5.56. The molecule has 3 heteroatoms. The molecular weight excluding hydrogens is 266 g/mol. The Labute approximate surface area is 104 Å². The number of aryl methyl sites for hydroxylation is 2. The van der Waals surface area contributed by atoms with Gasteiger partial charge in [0.15, 0.2) is 5.58 Å². The molecule has 0 aliphatic rings. The highest BCUT2D eigenvalue weighted by atomic mass is 79.9. The van der Waals surface area contributed by atoms with E-state index in [4.69, 9.17) is 4.42 Å². The van der Waals surface area contributed by atoms with Crippen LogP contribution in [-0.4, -0.2) is 4.98 Å². The average Bonchev–Trinajstić information content (AvgIpc) is 2.66. The number of benzene rings is 1. The number of hydrogen-bond acceptors (Lipinski definition) is 2. The molecule has 0 saturated heterocycles. The quantitative estimate of drug-likeness (QED) is 0.839. The minimum Gasteiger partial charge on any atom is -0.431 e. The highest BCUT2D eigenvalue weighted by Gasteiger charge is 2.14. The van der Waals surface area contributed by atoms with Crippen LogP contribution in [0.3, 0.4) is 0 Å². The number of oxazole rings is 1. The minimum absolute atomic E-state index is 0.576. The van der Waals surface area contributed by atoms with Crippen LogP contribution < -0.4 is 0 Å². The lowest BCUT2D eigenvalue weighted by molar-refractivity contribution is 0.570. The molecule has 2 nitrogen and oxygen atoms in total. The maximum atomic E-state index is 5.56.